The van der Waals surface area contributed by atoms with Crippen LogP contribution >= 0.6 is 0 Å². The van der Waals surface area contributed by atoms with Crippen LogP contribution in [0.1, 0.15) is 25.6 Å². The SMILES string of the molecule is COc1cc(C2NC(C)(C)CO2)ccc1O. The maximum atomic E-state index is 9.49. The van der Waals surface area contributed by atoms with E-state index in [2.05, 4.69) is 19.2 Å². The highest BCUT2D eigenvalue weighted by atomic mass is 16.5. The van der Waals surface area contributed by atoms with Crippen molar-refractivity contribution in [1.82, 2.24) is 5.32 Å². The van der Waals surface area contributed by atoms with Gasteiger partial charge in [0.15, 0.2) is 11.5 Å². The Morgan fingerprint density at radius 3 is 2.81 bits per heavy atom. The fourth-order valence-electron chi connectivity index (χ4n) is 1.77. The van der Waals surface area contributed by atoms with Crippen LogP contribution in [0, 0.1) is 0 Å². The molecule has 0 aliphatic carbocycles. The van der Waals surface area contributed by atoms with Gasteiger partial charge in [0.25, 0.3) is 0 Å². The van der Waals surface area contributed by atoms with Gasteiger partial charge >= 0.3 is 0 Å². The van der Waals surface area contributed by atoms with Crippen LogP contribution in [0.5, 0.6) is 11.5 Å². The first kappa shape index (κ1) is 11.2. The van der Waals surface area contributed by atoms with Gasteiger partial charge in [-0.3, -0.25) is 5.32 Å². The fourth-order valence-corrected chi connectivity index (χ4v) is 1.77. The summed E-state index contributed by atoms with van der Waals surface area (Å²) < 4.78 is 10.7. The second-order valence-electron chi connectivity index (χ2n) is 4.65. The van der Waals surface area contributed by atoms with Crippen LogP contribution < -0.4 is 10.1 Å². The number of rotatable bonds is 2. The van der Waals surface area contributed by atoms with E-state index in [9.17, 15) is 5.11 Å². The number of hydrogen-bond acceptors (Lipinski definition) is 4. The maximum Gasteiger partial charge on any atom is 0.160 e. The topological polar surface area (TPSA) is 50.7 Å². The number of methoxy groups -OCH3 is 1. The number of hydrogen-bond donors (Lipinski definition) is 2. The lowest BCUT2D eigenvalue weighted by atomic mass is 10.1. The predicted octanol–water partition coefficient (Wildman–Crippen LogP) is 1.80. The van der Waals surface area contributed by atoms with Crippen molar-refractivity contribution in [3.8, 4) is 11.5 Å². The summed E-state index contributed by atoms with van der Waals surface area (Å²) in [7, 11) is 1.53. The molecule has 1 heterocycles. The molecule has 88 valence electrons. The van der Waals surface area contributed by atoms with Gasteiger partial charge in [-0.2, -0.15) is 0 Å². The van der Waals surface area contributed by atoms with E-state index in [0.29, 0.717) is 12.4 Å². The molecule has 1 aliphatic rings. The minimum atomic E-state index is -0.135. The number of aromatic hydroxyl groups is 1. The molecular formula is C12H17NO3. The molecule has 1 unspecified atom stereocenters. The average Bonchev–Trinajstić information content (AvgIpc) is 2.59. The van der Waals surface area contributed by atoms with Crippen LogP contribution in [-0.4, -0.2) is 24.4 Å². The highest BCUT2D eigenvalue weighted by Crippen LogP contribution is 2.32. The number of ether oxygens (including phenoxy) is 2. The number of benzene rings is 1. The van der Waals surface area contributed by atoms with E-state index in [1.54, 1.807) is 12.1 Å². The Kier molecular flexibility index (Phi) is 2.78. The van der Waals surface area contributed by atoms with Crippen molar-refractivity contribution in [3.63, 3.8) is 0 Å². The van der Waals surface area contributed by atoms with E-state index < -0.39 is 0 Å². The second-order valence-corrected chi connectivity index (χ2v) is 4.65. The van der Waals surface area contributed by atoms with Crippen LogP contribution in [0.2, 0.25) is 0 Å². The van der Waals surface area contributed by atoms with Crippen molar-refractivity contribution in [1.29, 1.82) is 0 Å². The maximum absolute atomic E-state index is 9.49. The minimum Gasteiger partial charge on any atom is -0.504 e. The molecule has 1 aromatic carbocycles. The zero-order chi connectivity index (χ0) is 11.8. The van der Waals surface area contributed by atoms with Gasteiger partial charge in [-0.05, 0) is 31.5 Å². The molecule has 1 aromatic rings. The molecule has 0 aromatic heterocycles. The number of phenols is 1. The van der Waals surface area contributed by atoms with Crippen molar-refractivity contribution in [2.75, 3.05) is 13.7 Å². The molecule has 1 fully saturated rings. The average molecular weight is 223 g/mol. The van der Waals surface area contributed by atoms with Gasteiger partial charge in [0, 0.05) is 5.54 Å². The van der Waals surface area contributed by atoms with E-state index in [1.807, 2.05) is 6.07 Å². The zero-order valence-electron chi connectivity index (χ0n) is 9.78. The van der Waals surface area contributed by atoms with Gasteiger partial charge in [0.1, 0.15) is 6.23 Å². The lowest BCUT2D eigenvalue weighted by Crippen LogP contribution is -2.35. The molecule has 4 heteroatoms. The van der Waals surface area contributed by atoms with Gasteiger partial charge < -0.3 is 14.6 Å². The number of nitrogens with one attached hydrogen (secondary N) is 1. The van der Waals surface area contributed by atoms with Crippen molar-refractivity contribution < 1.29 is 14.6 Å². The van der Waals surface area contributed by atoms with Gasteiger partial charge in [0.05, 0.1) is 13.7 Å². The summed E-state index contributed by atoms with van der Waals surface area (Å²) in [5.74, 6) is 0.608. The number of phenolic OH excluding ortho intramolecular Hbond substituents is 1. The Morgan fingerprint density at radius 2 is 2.25 bits per heavy atom. The molecule has 1 aliphatic heterocycles. The molecule has 0 spiro atoms. The molecule has 4 nitrogen and oxygen atoms in total. The molecule has 0 saturated carbocycles. The van der Waals surface area contributed by atoms with Crippen LogP contribution in [0.4, 0.5) is 0 Å². The molecular weight excluding hydrogens is 206 g/mol. The van der Waals surface area contributed by atoms with E-state index in [-0.39, 0.29) is 17.5 Å². The van der Waals surface area contributed by atoms with E-state index >= 15 is 0 Å². The summed E-state index contributed by atoms with van der Waals surface area (Å²) in [4.78, 5) is 0. The molecule has 16 heavy (non-hydrogen) atoms. The highest BCUT2D eigenvalue weighted by Gasteiger charge is 2.31. The van der Waals surface area contributed by atoms with Crippen molar-refractivity contribution in [3.05, 3.63) is 23.8 Å². The van der Waals surface area contributed by atoms with Crippen LogP contribution in [-0.2, 0) is 4.74 Å². The molecule has 2 rings (SSSR count). The standard InChI is InChI=1S/C12H17NO3/c1-12(2)7-16-11(13-12)8-4-5-9(14)10(6-8)15-3/h4-6,11,13-14H,7H2,1-3H3. The van der Waals surface area contributed by atoms with Crippen molar-refractivity contribution >= 4 is 0 Å². The summed E-state index contributed by atoms with van der Waals surface area (Å²) in [5, 5.41) is 12.9. The molecule has 1 saturated heterocycles. The van der Waals surface area contributed by atoms with E-state index in [1.165, 1.54) is 7.11 Å². The Balaban J connectivity index is 2.22. The zero-order valence-corrected chi connectivity index (χ0v) is 9.78. The first-order valence-corrected chi connectivity index (χ1v) is 5.28. The third-order valence-electron chi connectivity index (χ3n) is 2.64. The largest absolute Gasteiger partial charge is 0.504 e. The monoisotopic (exact) mass is 223 g/mol. The Labute approximate surface area is 95.2 Å². The molecule has 0 radical (unpaired) electrons. The Hall–Kier alpha value is -1.26. The summed E-state index contributed by atoms with van der Waals surface area (Å²) in [6.45, 7) is 4.84. The van der Waals surface area contributed by atoms with Crippen LogP contribution in [0.3, 0.4) is 0 Å². The van der Waals surface area contributed by atoms with E-state index in [4.69, 9.17) is 9.47 Å². The van der Waals surface area contributed by atoms with Gasteiger partial charge in [0.2, 0.25) is 0 Å². The second kappa shape index (κ2) is 3.96. The smallest absolute Gasteiger partial charge is 0.160 e. The summed E-state index contributed by atoms with van der Waals surface area (Å²) in [6, 6.07) is 5.23. The predicted molar refractivity (Wildman–Crippen MR) is 60.6 cm³/mol. The Morgan fingerprint density at radius 1 is 1.50 bits per heavy atom. The lowest BCUT2D eigenvalue weighted by molar-refractivity contribution is 0.0986. The van der Waals surface area contributed by atoms with Gasteiger partial charge in [-0.25, -0.2) is 0 Å². The summed E-state index contributed by atoms with van der Waals surface area (Å²) in [6.07, 6.45) is -0.135. The van der Waals surface area contributed by atoms with Crippen LogP contribution in [0.25, 0.3) is 0 Å². The van der Waals surface area contributed by atoms with Crippen LogP contribution in [0.15, 0.2) is 18.2 Å². The first-order valence-electron chi connectivity index (χ1n) is 5.28. The van der Waals surface area contributed by atoms with Crippen molar-refractivity contribution in [2.24, 2.45) is 0 Å². The minimum absolute atomic E-state index is 0.0181. The van der Waals surface area contributed by atoms with E-state index in [0.717, 1.165) is 5.56 Å². The molecule has 1 atom stereocenters. The quantitative estimate of drug-likeness (QED) is 0.802. The summed E-state index contributed by atoms with van der Waals surface area (Å²) in [5.41, 5.74) is 0.940. The first-order chi connectivity index (χ1) is 7.52. The van der Waals surface area contributed by atoms with Gasteiger partial charge in [-0.1, -0.05) is 6.07 Å². The third-order valence-corrected chi connectivity index (χ3v) is 2.64. The third kappa shape index (κ3) is 2.13. The Bertz CT molecular complexity index is 390. The molecule has 2 N–H and O–H groups in total. The molecule has 0 bridgehead atoms. The van der Waals surface area contributed by atoms with Gasteiger partial charge in [-0.15, -0.1) is 0 Å². The lowest BCUT2D eigenvalue weighted by Gasteiger charge is -2.17. The van der Waals surface area contributed by atoms with Crippen molar-refractivity contribution in [2.45, 2.75) is 25.6 Å². The summed E-state index contributed by atoms with van der Waals surface area (Å²) >= 11 is 0. The highest BCUT2D eigenvalue weighted by molar-refractivity contribution is 5.42. The molecule has 0 amide bonds. The fraction of sp³-hybridized carbons (Fsp3) is 0.500. The normalized spacial score (nSPS) is 23.3.